The predicted molar refractivity (Wildman–Crippen MR) is 85.2 cm³/mol. The third kappa shape index (κ3) is 3.53. The number of hydrogen-bond acceptors (Lipinski definition) is 5. The average Bonchev–Trinajstić information content (AvgIpc) is 3.06. The molecule has 118 valence electrons. The van der Waals surface area contributed by atoms with E-state index in [9.17, 15) is 9.59 Å². The summed E-state index contributed by atoms with van der Waals surface area (Å²) in [5.74, 6) is -0.639. The van der Waals surface area contributed by atoms with E-state index >= 15 is 0 Å². The first-order chi connectivity index (χ1) is 11.1. The Balaban J connectivity index is 1.60. The van der Waals surface area contributed by atoms with Gasteiger partial charge in [0.2, 0.25) is 11.8 Å². The minimum absolute atomic E-state index is 0.0386. The standard InChI is InChI=1S/C16H17N5O2/c17-15(22)10-3-5-12(6-4-10)19-16(23)14-8-13(20-21-14)11-2-1-7-18-9-11/h1-7,9,13-14,20-21H,8H2,(H2,17,22)(H,19,23). The van der Waals surface area contributed by atoms with Crippen LogP contribution in [0.1, 0.15) is 28.4 Å². The van der Waals surface area contributed by atoms with Crippen LogP contribution in [-0.2, 0) is 4.79 Å². The van der Waals surface area contributed by atoms with Crippen LogP contribution in [0.2, 0.25) is 0 Å². The number of hydrazine groups is 1. The third-order valence-electron chi connectivity index (χ3n) is 3.74. The smallest absolute Gasteiger partial charge is 0.248 e. The van der Waals surface area contributed by atoms with Crippen molar-refractivity contribution in [3.05, 3.63) is 59.9 Å². The van der Waals surface area contributed by atoms with Gasteiger partial charge in [-0.2, -0.15) is 0 Å². The molecule has 1 aromatic heterocycles. The van der Waals surface area contributed by atoms with Crippen LogP contribution in [0.5, 0.6) is 0 Å². The van der Waals surface area contributed by atoms with E-state index in [4.69, 9.17) is 5.73 Å². The lowest BCUT2D eigenvalue weighted by molar-refractivity contribution is -0.117. The highest BCUT2D eigenvalue weighted by Gasteiger charge is 2.30. The van der Waals surface area contributed by atoms with Gasteiger partial charge in [-0.15, -0.1) is 0 Å². The second kappa shape index (κ2) is 6.55. The Hall–Kier alpha value is -2.77. The van der Waals surface area contributed by atoms with Gasteiger partial charge in [-0.25, -0.2) is 10.9 Å². The van der Waals surface area contributed by atoms with E-state index in [0.29, 0.717) is 17.7 Å². The zero-order chi connectivity index (χ0) is 16.2. The van der Waals surface area contributed by atoms with Gasteiger partial charge in [0.15, 0.2) is 0 Å². The molecule has 0 aliphatic carbocycles. The Morgan fingerprint density at radius 2 is 1.96 bits per heavy atom. The number of hydrogen-bond donors (Lipinski definition) is 4. The van der Waals surface area contributed by atoms with E-state index in [1.165, 1.54) is 0 Å². The van der Waals surface area contributed by atoms with Crippen molar-refractivity contribution in [3.8, 4) is 0 Å². The van der Waals surface area contributed by atoms with Crippen LogP contribution in [0.15, 0.2) is 48.8 Å². The number of primary amides is 1. The molecule has 3 rings (SSSR count). The molecule has 1 aliphatic rings. The first-order valence-corrected chi connectivity index (χ1v) is 7.25. The van der Waals surface area contributed by atoms with E-state index in [2.05, 4.69) is 21.2 Å². The number of anilines is 1. The molecule has 1 aliphatic heterocycles. The SMILES string of the molecule is NC(=O)c1ccc(NC(=O)C2CC(c3cccnc3)NN2)cc1. The van der Waals surface area contributed by atoms with Crippen LogP contribution in [0.25, 0.3) is 0 Å². The Bertz CT molecular complexity index is 702. The number of nitrogens with one attached hydrogen (secondary N) is 3. The summed E-state index contributed by atoms with van der Waals surface area (Å²) in [6, 6.07) is 9.98. The Labute approximate surface area is 133 Å². The van der Waals surface area contributed by atoms with Crippen LogP contribution in [-0.4, -0.2) is 22.8 Å². The van der Waals surface area contributed by atoms with Gasteiger partial charge in [-0.3, -0.25) is 14.6 Å². The summed E-state index contributed by atoms with van der Waals surface area (Å²) in [5, 5.41) is 2.81. The Morgan fingerprint density at radius 1 is 1.17 bits per heavy atom. The van der Waals surface area contributed by atoms with E-state index in [-0.39, 0.29) is 18.0 Å². The van der Waals surface area contributed by atoms with Gasteiger partial charge in [0.1, 0.15) is 6.04 Å². The Morgan fingerprint density at radius 3 is 2.61 bits per heavy atom. The van der Waals surface area contributed by atoms with Gasteiger partial charge in [0, 0.05) is 29.7 Å². The number of carbonyl (C=O) groups excluding carboxylic acids is 2. The summed E-state index contributed by atoms with van der Waals surface area (Å²) in [7, 11) is 0. The molecule has 0 saturated carbocycles. The maximum Gasteiger partial charge on any atom is 0.248 e. The van der Waals surface area contributed by atoms with E-state index in [0.717, 1.165) is 5.56 Å². The number of pyridine rings is 1. The van der Waals surface area contributed by atoms with Gasteiger partial charge >= 0.3 is 0 Å². The van der Waals surface area contributed by atoms with Crippen molar-refractivity contribution < 1.29 is 9.59 Å². The summed E-state index contributed by atoms with van der Waals surface area (Å²) in [6.07, 6.45) is 4.12. The maximum absolute atomic E-state index is 12.3. The van der Waals surface area contributed by atoms with Crippen molar-refractivity contribution in [1.82, 2.24) is 15.8 Å². The van der Waals surface area contributed by atoms with Crippen molar-refractivity contribution in [2.24, 2.45) is 5.73 Å². The van der Waals surface area contributed by atoms with Crippen molar-refractivity contribution in [2.75, 3.05) is 5.32 Å². The summed E-state index contributed by atoms with van der Waals surface area (Å²) in [6.45, 7) is 0. The number of aromatic nitrogens is 1. The lowest BCUT2D eigenvalue weighted by Crippen LogP contribution is -2.39. The minimum Gasteiger partial charge on any atom is -0.366 e. The van der Waals surface area contributed by atoms with Gasteiger partial charge in [-0.05, 0) is 42.3 Å². The fraction of sp³-hybridized carbons (Fsp3) is 0.188. The number of nitrogens with zero attached hydrogens (tertiary/aromatic N) is 1. The van der Waals surface area contributed by atoms with Crippen LogP contribution < -0.4 is 21.9 Å². The number of rotatable bonds is 4. The molecular formula is C16H17N5O2. The molecule has 1 saturated heterocycles. The van der Waals surface area contributed by atoms with E-state index in [1.54, 1.807) is 36.7 Å². The fourth-order valence-corrected chi connectivity index (χ4v) is 2.48. The van der Waals surface area contributed by atoms with Crippen LogP contribution >= 0.6 is 0 Å². The lowest BCUT2D eigenvalue weighted by Gasteiger charge is -2.11. The largest absolute Gasteiger partial charge is 0.366 e. The summed E-state index contributed by atoms with van der Waals surface area (Å²) >= 11 is 0. The van der Waals surface area contributed by atoms with Crippen molar-refractivity contribution in [2.45, 2.75) is 18.5 Å². The average molecular weight is 311 g/mol. The molecule has 2 amide bonds. The molecule has 2 heterocycles. The van der Waals surface area contributed by atoms with Gasteiger partial charge in [-0.1, -0.05) is 6.07 Å². The zero-order valence-electron chi connectivity index (χ0n) is 12.3. The highest BCUT2D eigenvalue weighted by atomic mass is 16.2. The molecule has 1 fully saturated rings. The predicted octanol–water partition coefficient (Wildman–Crippen LogP) is 0.727. The Kier molecular flexibility index (Phi) is 4.31. The number of benzene rings is 1. The number of nitrogens with two attached hydrogens (primary N) is 1. The molecule has 7 nitrogen and oxygen atoms in total. The van der Waals surface area contributed by atoms with E-state index in [1.807, 2.05) is 12.1 Å². The van der Waals surface area contributed by atoms with Crippen LogP contribution in [0.4, 0.5) is 5.69 Å². The van der Waals surface area contributed by atoms with Crippen molar-refractivity contribution >= 4 is 17.5 Å². The molecule has 0 bridgehead atoms. The number of carbonyl (C=O) groups is 2. The number of amides is 2. The maximum atomic E-state index is 12.3. The van der Waals surface area contributed by atoms with Gasteiger partial charge in [0.25, 0.3) is 0 Å². The molecule has 0 radical (unpaired) electrons. The summed E-state index contributed by atoms with van der Waals surface area (Å²) in [4.78, 5) is 27.4. The topological polar surface area (TPSA) is 109 Å². The monoisotopic (exact) mass is 311 g/mol. The quantitative estimate of drug-likeness (QED) is 0.665. The molecule has 2 aromatic rings. The highest BCUT2D eigenvalue weighted by Crippen LogP contribution is 2.22. The molecule has 2 unspecified atom stereocenters. The first kappa shape index (κ1) is 15.1. The normalized spacial score (nSPS) is 20.2. The second-order valence-corrected chi connectivity index (χ2v) is 5.35. The first-order valence-electron chi connectivity index (χ1n) is 7.25. The second-order valence-electron chi connectivity index (χ2n) is 5.35. The fourth-order valence-electron chi connectivity index (χ4n) is 2.48. The summed E-state index contributed by atoms with van der Waals surface area (Å²) < 4.78 is 0. The summed E-state index contributed by atoms with van der Waals surface area (Å²) in [5.41, 5.74) is 13.3. The molecule has 1 aromatic carbocycles. The molecular weight excluding hydrogens is 294 g/mol. The van der Waals surface area contributed by atoms with Crippen molar-refractivity contribution in [1.29, 1.82) is 0 Å². The lowest BCUT2D eigenvalue weighted by atomic mass is 10.0. The third-order valence-corrected chi connectivity index (χ3v) is 3.74. The van der Waals surface area contributed by atoms with Gasteiger partial charge in [0.05, 0.1) is 0 Å². The molecule has 0 spiro atoms. The van der Waals surface area contributed by atoms with E-state index < -0.39 is 5.91 Å². The molecule has 7 heteroatoms. The van der Waals surface area contributed by atoms with Crippen LogP contribution in [0, 0.1) is 0 Å². The zero-order valence-corrected chi connectivity index (χ0v) is 12.3. The van der Waals surface area contributed by atoms with Crippen LogP contribution in [0.3, 0.4) is 0 Å². The minimum atomic E-state index is -0.496. The molecule has 2 atom stereocenters. The molecule has 23 heavy (non-hydrogen) atoms. The van der Waals surface area contributed by atoms with Crippen molar-refractivity contribution in [3.63, 3.8) is 0 Å². The van der Waals surface area contributed by atoms with Gasteiger partial charge < -0.3 is 11.1 Å². The highest BCUT2D eigenvalue weighted by molar-refractivity contribution is 5.96. The molecule has 5 N–H and O–H groups in total.